The average Bonchev–Trinajstić information content (AvgIpc) is 3.54. The first-order chi connectivity index (χ1) is 13.7. The number of hydrogen-bond acceptors (Lipinski definition) is 3. The Hall–Kier alpha value is -2.60. The van der Waals surface area contributed by atoms with Crippen molar-refractivity contribution >= 4 is 11.7 Å². The Morgan fingerprint density at radius 3 is 2.68 bits per heavy atom. The van der Waals surface area contributed by atoms with Crippen LogP contribution in [-0.2, 0) is 11.3 Å². The fourth-order valence-corrected chi connectivity index (χ4v) is 3.40. The number of anilines is 1. The van der Waals surface area contributed by atoms with Crippen LogP contribution in [0.1, 0.15) is 42.7 Å². The van der Waals surface area contributed by atoms with Gasteiger partial charge in [0.25, 0.3) is 0 Å². The molecule has 6 heteroatoms. The van der Waals surface area contributed by atoms with Crippen LogP contribution in [0, 0.1) is 5.82 Å². The number of urea groups is 1. The Labute approximate surface area is 164 Å². The van der Waals surface area contributed by atoms with Gasteiger partial charge in [-0.05, 0) is 55.4 Å². The number of carbonyl (C=O) groups is 1. The molecule has 0 radical (unpaired) electrons. The number of amides is 2. The summed E-state index contributed by atoms with van der Waals surface area (Å²) in [5.41, 5.74) is 2.34. The van der Waals surface area contributed by atoms with E-state index < -0.39 is 5.82 Å². The molecule has 0 atom stereocenters. The summed E-state index contributed by atoms with van der Waals surface area (Å²) < 4.78 is 25.5. The molecule has 1 heterocycles. The Morgan fingerprint density at radius 2 is 1.89 bits per heavy atom. The molecule has 1 aliphatic heterocycles. The minimum Gasteiger partial charge on any atom is -0.487 e. The van der Waals surface area contributed by atoms with E-state index in [0.29, 0.717) is 11.5 Å². The summed E-state index contributed by atoms with van der Waals surface area (Å²) in [5, 5.41) is 5.55. The highest BCUT2D eigenvalue weighted by Crippen LogP contribution is 2.30. The number of nitrogens with one attached hydrogen (secondary N) is 2. The molecule has 1 saturated carbocycles. The topological polar surface area (TPSA) is 59.6 Å². The molecule has 0 aromatic heterocycles. The number of hydrogen-bond donors (Lipinski definition) is 2. The molecule has 0 bridgehead atoms. The molecule has 148 valence electrons. The number of benzene rings is 2. The van der Waals surface area contributed by atoms with E-state index in [9.17, 15) is 9.18 Å². The summed E-state index contributed by atoms with van der Waals surface area (Å²) in [5.74, 6) is 0.310. The zero-order valence-corrected chi connectivity index (χ0v) is 15.7. The molecule has 2 fully saturated rings. The van der Waals surface area contributed by atoms with Crippen LogP contribution in [-0.4, -0.2) is 25.3 Å². The van der Waals surface area contributed by atoms with E-state index in [0.717, 1.165) is 44.6 Å². The summed E-state index contributed by atoms with van der Waals surface area (Å²) in [6.07, 6.45) is 4.06. The molecular weight excluding hydrogens is 359 g/mol. The van der Waals surface area contributed by atoms with Gasteiger partial charge in [0.15, 0.2) is 11.6 Å². The predicted molar refractivity (Wildman–Crippen MR) is 105 cm³/mol. The van der Waals surface area contributed by atoms with Crippen LogP contribution in [0.3, 0.4) is 0 Å². The van der Waals surface area contributed by atoms with E-state index in [1.54, 1.807) is 18.2 Å². The lowest BCUT2D eigenvalue weighted by Crippen LogP contribution is -2.28. The van der Waals surface area contributed by atoms with Crippen LogP contribution in [0.15, 0.2) is 42.5 Å². The van der Waals surface area contributed by atoms with E-state index in [1.165, 1.54) is 5.56 Å². The summed E-state index contributed by atoms with van der Waals surface area (Å²) >= 11 is 0. The van der Waals surface area contributed by atoms with Gasteiger partial charge in [-0.1, -0.05) is 24.3 Å². The van der Waals surface area contributed by atoms with Gasteiger partial charge in [0.05, 0.1) is 6.10 Å². The molecule has 2 amide bonds. The van der Waals surface area contributed by atoms with Crippen molar-refractivity contribution in [2.75, 3.05) is 18.5 Å². The predicted octanol–water partition coefficient (Wildman–Crippen LogP) is 4.58. The van der Waals surface area contributed by atoms with Gasteiger partial charge in [-0.2, -0.15) is 0 Å². The molecule has 0 spiro atoms. The highest BCUT2D eigenvalue weighted by Gasteiger charge is 2.25. The largest absolute Gasteiger partial charge is 0.487 e. The number of ether oxygens (including phenoxy) is 2. The third-order valence-corrected chi connectivity index (χ3v) is 5.14. The van der Waals surface area contributed by atoms with Crippen LogP contribution in [0.2, 0.25) is 0 Å². The molecule has 0 unspecified atom stereocenters. The van der Waals surface area contributed by atoms with Crippen molar-refractivity contribution in [3.63, 3.8) is 0 Å². The van der Waals surface area contributed by atoms with E-state index in [4.69, 9.17) is 9.47 Å². The van der Waals surface area contributed by atoms with E-state index in [-0.39, 0.29) is 24.4 Å². The first-order valence-electron chi connectivity index (χ1n) is 9.85. The SMILES string of the molecule is O=C(NCc1cccc(OC2CC2)c1F)Nc1cccc(C2CCOCC2)c1. The Balaban J connectivity index is 1.33. The lowest BCUT2D eigenvalue weighted by molar-refractivity contribution is 0.0853. The Bertz CT molecular complexity index is 832. The molecule has 5 nitrogen and oxygen atoms in total. The first-order valence-corrected chi connectivity index (χ1v) is 9.85. The lowest BCUT2D eigenvalue weighted by atomic mass is 9.91. The highest BCUT2D eigenvalue weighted by molar-refractivity contribution is 5.89. The van der Waals surface area contributed by atoms with Crippen molar-refractivity contribution in [3.05, 3.63) is 59.4 Å². The third-order valence-electron chi connectivity index (χ3n) is 5.14. The van der Waals surface area contributed by atoms with Crippen molar-refractivity contribution < 1.29 is 18.7 Å². The third kappa shape index (κ3) is 4.81. The molecule has 1 aliphatic carbocycles. The maximum atomic E-state index is 14.5. The van der Waals surface area contributed by atoms with Gasteiger partial charge in [0.2, 0.25) is 0 Å². The van der Waals surface area contributed by atoms with Gasteiger partial charge in [-0.25, -0.2) is 9.18 Å². The maximum absolute atomic E-state index is 14.5. The van der Waals surface area contributed by atoms with E-state index in [1.807, 2.05) is 18.2 Å². The summed E-state index contributed by atoms with van der Waals surface area (Å²) in [6.45, 7) is 1.65. The number of halogens is 1. The van der Waals surface area contributed by atoms with Gasteiger partial charge < -0.3 is 20.1 Å². The second kappa shape index (κ2) is 8.61. The summed E-state index contributed by atoms with van der Waals surface area (Å²) in [7, 11) is 0. The van der Waals surface area contributed by atoms with Crippen molar-refractivity contribution in [1.82, 2.24) is 5.32 Å². The summed E-state index contributed by atoms with van der Waals surface area (Å²) in [4.78, 5) is 12.3. The van der Waals surface area contributed by atoms with Crippen LogP contribution < -0.4 is 15.4 Å². The monoisotopic (exact) mass is 384 g/mol. The molecule has 2 N–H and O–H groups in total. The zero-order valence-electron chi connectivity index (χ0n) is 15.7. The zero-order chi connectivity index (χ0) is 19.3. The maximum Gasteiger partial charge on any atom is 0.319 e. The second-order valence-electron chi connectivity index (χ2n) is 7.37. The smallest absolute Gasteiger partial charge is 0.319 e. The quantitative estimate of drug-likeness (QED) is 0.766. The van der Waals surface area contributed by atoms with Gasteiger partial charge in [-0.15, -0.1) is 0 Å². The van der Waals surface area contributed by atoms with Crippen molar-refractivity contribution in [2.24, 2.45) is 0 Å². The Morgan fingerprint density at radius 1 is 1.11 bits per heavy atom. The van der Waals surface area contributed by atoms with Gasteiger partial charge in [-0.3, -0.25) is 0 Å². The molecule has 28 heavy (non-hydrogen) atoms. The van der Waals surface area contributed by atoms with Crippen LogP contribution in [0.5, 0.6) is 5.75 Å². The number of carbonyl (C=O) groups excluding carboxylic acids is 1. The fraction of sp³-hybridized carbons (Fsp3) is 0.409. The van der Waals surface area contributed by atoms with Crippen molar-refractivity contribution in [3.8, 4) is 5.75 Å². The minimum absolute atomic E-state index is 0.0964. The summed E-state index contributed by atoms with van der Waals surface area (Å²) in [6, 6.07) is 12.5. The highest BCUT2D eigenvalue weighted by atomic mass is 19.1. The van der Waals surface area contributed by atoms with Crippen LogP contribution in [0.25, 0.3) is 0 Å². The first kappa shape index (κ1) is 18.7. The molecule has 2 aromatic rings. The molecular formula is C22H25FN2O3. The van der Waals surface area contributed by atoms with Gasteiger partial charge in [0.1, 0.15) is 0 Å². The minimum atomic E-state index is -0.406. The molecule has 1 saturated heterocycles. The standard InChI is InChI=1S/C22H25FN2O3/c23-21-17(4-2-6-20(21)28-19-7-8-19)14-24-22(26)25-18-5-1-3-16(13-18)15-9-11-27-12-10-15/h1-6,13,15,19H,7-12,14H2,(H2,24,25,26). The van der Waals surface area contributed by atoms with Crippen LogP contribution in [0.4, 0.5) is 14.9 Å². The molecule has 4 rings (SSSR count). The molecule has 2 aromatic carbocycles. The Kier molecular flexibility index (Phi) is 5.76. The van der Waals surface area contributed by atoms with E-state index in [2.05, 4.69) is 16.7 Å². The van der Waals surface area contributed by atoms with E-state index >= 15 is 0 Å². The van der Waals surface area contributed by atoms with Crippen LogP contribution >= 0.6 is 0 Å². The van der Waals surface area contributed by atoms with Gasteiger partial charge >= 0.3 is 6.03 Å². The van der Waals surface area contributed by atoms with Crippen molar-refractivity contribution in [1.29, 1.82) is 0 Å². The second-order valence-corrected chi connectivity index (χ2v) is 7.37. The number of rotatable bonds is 6. The van der Waals surface area contributed by atoms with Gasteiger partial charge in [0, 0.05) is 31.0 Å². The van der Waals surface area contributed by atoms with Crippen molar-refractivity contribution in [2.45, 2.75) is 44.2 Å². The fourth-order valence-electron chi connectivity index (χ4n) is 3.40. The normalized spacial score (nSPS) is 17.2. The average molecular weight is 384 g/mol. The lowest BCUT2D eigenvalue weighted by Gasteiger charge is -2.22. The molecule has 2 aliphatic rings.